The molecule has 0 aliphatic carbocycles. The van der Waals surface area contributed by atoms with Crippen molar-refractivity contribution in [3.63, 3.8) is 0 Å². The lowest BCUT2D eigenvalue weighted by Gasteiger charge is -2.50. The van der Waals surface area contributed by atoms with E-state index in [1.54, 1.807) is 48.5 Å². The van der Waals surface area contributed by atoms with Crippen molar-refractivity contribution in [1.29, 1.82) is 0 Å². The molecule has 3 aliphatic rings. The van der Waals surface area contributed by atoms with Gasteiger partial charge in [0.05, 0.1) is 47.6 Å². The van der Waals surface area contributed by atoms with Gasteiger partial charge in [-0.25, -0.2) is 0 Å². The lowest BCUT2D eigenvalue weighted by atomic mass is 9.74. The zero-order valence-corrected chi connectivity index (χ0v) is 33.9. The van der Waals surface area contributed by atoms with Gasteiger partial charge in [-0.3, -0.25) is 9.59 Å². The maximum absolute atomic E-state index is 14.2. The molecule has 304 valence electrons. The second-order valence-corrected chi connectivity index (χ2v) is 16.6. The summed E-state index contributed by atoms with van der Waals surface area (Å²) in [4.78, 5) is 30.1. The molecule has 0 bridgehead atoms. The van der Waals surface area contributed by atoms with Crippen LogP contribution in [-0.2, 0) is 42.7 Å². The number of ketones is 1. The van der Waals surface area contributed by atoms with Crippen LogP contribution < -0.4 is 0 Å². The van der Waals surface area contributed by atoms with Crippen molar-refractivity contribution in [2.75, 3.05) is 28.3 Å². The summed E-state index contributed by atoms with van der Waals surface area (Å²) in [7, 11) is 6.77. The molecule has 0 spiro atoms. The average Bonchev–Trinajstić information content (AvgIpc) is 3.09. The van der Waals surface area contributed by atoms with Crippen LogP contribution in [0.15, 0.2) is 0 Å². The van der Waals surface area contributed by atoms with Crippen LogP contribution in [-0.4, -0.2) is 150 Å². The third-order valence-corrected chi connectivity index (χ3v) is 12.3. The van der Waals surface area contributed by atoms with Crippen molar-refractivity contribution >= 4 is 11.8 Å². The van der Waals surface area contributed by atoms with Crippen LogP contribution in [0.25, 0.3) is 0 Å². The van der Waals surface area contributed by atoms with Crippen LogP contribution in [0.2, 0.25) is 0 Å². The number of carbonyl (C=O) groups excluding carboxylic acids is 2. The van der Waals surface area contributed by atoms with Crippen molar-refractivity contribution in [3.05, 3.63) is 0 Å². The first kappa shape index (κ1) is 45.1. The van der Waals surface area contributed by atoms with Crippen LogP contribution in [0.1, 0.15) is 94.9 Å². The Morgan fingerprint density at radius 3 is 1.98 bits per heavy atom. The Hall–Kier alpha value is -1.30. The van der Waals surface area contributed by atoms with Gasteiger partial charge in [0.25, 0.3) is 0 Å². The lowest BCUT2D eigenvalue weighted by Crippen LogP contribution is -2.61. The highest BCUT2D eigenvalue weighted by Crippen LogP contribution is 2.41. The number of likely N-dealkylation sites (N-methyl/N-ethyl adjacent to an activating group) is 1. The summed E-state index contributed by atoms with van der Waals surface area (Å²) >= 11 is 0. The van der Waals surface area contributed by atoms with E-state index in [1.165, 1.54) is 21.1 Å². The van der Waals surface area contributed by atoms with Gasteiger partial charge in [-0.05, 0) is 74.9 Å². The predicted octanol–water partition coefficient (Wildman–Crippen LogP) is 2.44. The minimum atomic E-state index is -1.96. The van der Waals surface area contributed by atoms with Gasteiger partial charge in [-0.15, -0.1) is 0 Å². The first-order valence-corrected chi connectivity index (χ1v) is 18.9. The fourth-order valence-corrected chi connectivity index (χ4v) is 8.58. The zero-order valence-electron chi connectivity index (χ0n) is 33.9. The molecule has 3 rings (SSSR count). The number of rotatable bonds is 8. The average molecular weight is 748 g/mol. The number of aliphatic hydroxyl groups is 4. The van der Waals surface area contributed by atoms with Crippen LogP contribution in [0, 0.1) is 23.7 Å². The van der Waals surface area contributed by atoms with Crippen molar-refractivity contribution in [2.45, 2.75) is 179 Å². The normalized spacial score (nSPS) is 49.0. The third-order valence-electron chi connectivity index (χ3n) is 12.3. The summed E-state index contributed by atoms with van der Waals surface area (Å²) in [5.41, 5.74) is -4.24. The maximum Gasteiger partial charge on any atom is 0.311 e. The largest absolute Gasteiger partial charge is 0.459 e. The predicted molar refractivity (Wildman–Crippen MR) is 191 cm³/mol. The van der Waals surface area contributed by atoms with Crippen molar-refractivity contribution in [2.24, 2.45) is 23.7 Å². The van der Waals surface area contributed by atoms with E-state index in [2.05, 4.69) is 0 Å². The van der Waals surface area contributed by atoms with Gasteiger partial charge < -0.3 is 58.5 Å². The summed E-state index contributed by atoms with van der Waals surface area (Å²) in [6.07, 6.45) is -8.73. The number of esters is 1. The van der Waals surface area contributed by atoms with Crippen molar-refractivity contribution in [1.82, 2.24) is 4.90 Å². The molecule has 0 aromatic rings. The first-order chi connectivity index (χ1) is 24.0. The molecule has 0 aromatic carbocycles. The SMILES string of the molecule is CC[C@@H]1OC(=O)[C@H](C)[C@@H](O[C@H]2C[C@](C)(OC)[C@@H](O)[C@H](C)O2)[C@H](C)[C@@H](O[C@@H]2O[C@H](C)C[C@H](N(C)C)[C@H]2O)[C@](C)(OC)C[C@@H](C)C(=O)[C@@H](C)[C@@H](O)[C@]1(C)O. The van der Waals surface area contributed by atoms with E-state index >= 15 is 0 Å². The Labute approximate surface area is 310 Å². The minimum Gasteiger partial charge on any atom is -0.459 e. The maximum atomic E-state index is 14.2. The number of carbonyl (C=O) groups is 2. The van der Waals surface area contributed by atoms with Crippen LogP contribution in [0.4, 0.5) is 0 Å². The smallest absolute Gasteiger partial charge is 0.311 e. The standard InChI is InChI=1S/C38H69NO13/c1-15-26-38(10,45)31(42)21(4)28(40)19(2)17-37(9,47-14)33(52-35-29(41)25(39(11)12)16-20(3)48-35)22(5)30(23(6)34(44)50-26)51-27-18-36(8,46-13)32(43)24(7)49-27/h19-27,29-33,35,41-43,45H,15-18H2,1-14H3/t19-,20-,21-,22+,23-,24+,25+,26+,27+,29-,30+,31-,32+,33-,35+,36+,37-,38-/m1/s1. The Morgan fingerprint density at radius 2 is 1.44 bits per heavy atom. The second kappa shape index (κ2) is 17.7. The fraction of sp³-hybridized carbons (Fsp3) is 0.947. The molecule has 14 heteroatoms. The number of hydrogen-bond donors (Lipinski definition) is 4. The molecule has 0 amide bonds. The monoisotopic (exact) mass is 747 g/mol. The van der Waals surface area contributed by atoms with E-state index in [-0.39, 0.29) is 37.2 Å². The lowest BCUT2D eigenvalue weighted by molar-refractivity contribution is -0.319. The molecular formula is C38H69NO13. The minimum absolute atomic E-state index is 0.111. The Bertz CT molecular complexity index is 1190. The van der Waals surface area contributed by atoms with Crippen LogP contribution in [0.3, 0.4) is 0 Å². The molecule has 0 aromatic heterocycles. The molecule has 3 saturated heterocycles. The van der Waals surface area contributed by atoms with Crippen LogP contribution >= 0.6 is 0 Å². The van der Waals surface area contributed by atoms with Crippen LogP contribution in [0.5, 0.6) is 0 Å². The summed E-state index contributed by atoms with van der Waals surface area (Å²) in [6, 6.07) is -0.283. The van der Waals surface area contributed by atoms with E-state index < -0.39 is 102 Å². The van der Waals surface area contributed by atoms with E-state index in [9.17, 15) is 30.0 Å². The summed E-state index contributed by atoms with van der Waals surface area (Å²) in [5, 5.41) is 45.6. The molecule has 3 aliphatic heterocycles. The molecule has 52 heavy (non-hydrogen) atoms. The molecule has 4 N–H and O–H groups in total. The molecular weight excluding hydrogens is 678 g/mol. The van der Waals surface area contributed by atoms with E-state index in [1.807, 2.05) is 32.8 Å². The third kappa shape index (κ3) is 9.38. The van der Waals surface area contributed by atoms with Gasteiger partial charge in [-0.2, -0.15) is 0 Å². The van der Waals surface area contributed by atoms with Gasteiger partial charge in [0.1, 0.15) is 29.7 Å². The Kier molecular flexibility index (Phi) is 15.3. The molecule has 3 heterocycles. The zero-order chi connectivity index (χ0) is 39.7. The summed E-state index contributed by atoms with van der Waals surface area (Å²) in [5.74, 6) is -4.47. The number of cyclic esters (lactones) is 1. The molecule has 18 atom stereocenters. The number of aliphatic hydroxyl groups excluding tert-OH is 3. The first-order valence-electron chi connectivity index (χ1n) is 18.9. The van der Waals surface area contributed by atoms with Gasteiger partial charge >= 0.3 is 5.97 Å². The molecule has 3 fully saturated rings. The Balaban J connectivity index is 2.22. The second-order valence-electron chi connectivity index (χ2n) is 16.6. The highest BCUT2D eigenvalue weighted by molar-refractivity contribution is 5.83. The van der Waals surface area contributed by atoms with E-state index in [0.29, 0.717) is 6.42 Å². The summed E-state index contributed by atoms with van der Waals surface area (Å²) in [6.45, 7) is 17.1. The molecule has 0 unspecified atom stereocenters. The summed E-state index contributed by atoms with van der Waals surface area (Å²) < 4.78 is 43.9. The molecule has 14 nitrogen and oxygen atoms in total. The van der Waals surface area contributed by atoms with Gasteiger partial charge in [0, 0.05) is 44.4 Å². The highest BCUT2D eigenvalue weighted by Gasteiger charge is 2.54. The highest BCUT2D eigenvalue weighted by atomic mass is 16.7. The van der Waals surface area contributed by atoms with Crippen molar-refractivity contribution in [3.8, 4) is 0 Å². The van der Waals surface area contributed by atoms with E-state index in [0.717, 1.165) is 0 Å². The van der Waals surface area contributed by atoms with E-state index in [4.69, 9.17) is 33.2 Å². The van der Waals surface area contributed by atoms with Gasteiger partial charge in [0.15, 0.2) is 12.6 Å². The molecule has 0 saturated carbocycles. The topological polar surface area (TPSA) is 183 Å². The number of nitrogens with zero attached hydrogens (tertiary/aromatic N) is 1. The van der Waals surface area contributed by atoms with Crippen molar-refractivity contribution < 1.29 is 63.2 Å². The number of hydrogen-bond acceptors (Lipinski definition) is 14. The number of methoxy groups -OCH3 is 2. The number of Topliss-reactive ketones (excluding diaryl/α,β-unsaturated/α-hetero) is 1. The fourth-order valence-electron chi connectivity index (χ4n) is 8.58. The quantitative estimate of drug-likeness (QED) is 0.266. The van der Waals surface area contributed by atoms with Gasteiger partial charge in [0.2, 0.25) is 0 Å². The number of ether oxygens (including phenoxy) is 7. The van der Waals surface area contributed by atoms with Gasteiger partial charge in [-0.1, -0.05) is 27.7 Å². The Morgan fingerprint density at radius 1 is 0.846 bits per heavy atom. The molecule has 0 radical (unpaired) electrons.